The first kappa shape index (κ1) is 12.0. The largest absolute Gasteiger partial charge is 0.398 e. The van der Waals surface area contributed by atoms with Crippen LogP contribution in [0.5, 0.6) is 0 Å². The molecule has 0 amide bonds. The topological polar surface area (TPSA) is 65.3 Å². The molecule has 0 aliphatic heterocycles. The van der Waals surface area contributed by atoms with Gasteiger partial charge in [-0.15, -0.1) is 0 Å². The highest BCUT2D eigenvalue weighted by Crippen LogP contribution is 2.20. The molecule has 0 saturated heterocycles. The standard InChI is InChI=1S/C13H11BrN4O/c14-10-2-1-9(7-11(10)15)8-17-5-6-18-12(13(17)19)3-4-16-18/h1-7H,8,15H2. The molecule has 1 aromatic carbocycles. The number of fused-ring (bicyclic) bond motifs is 1. The molecule has 0 unspecified atom stereocenters. The Morgan fingerprint density at radius 2 is 2.11 bits per heavy atom. The zero-order chi connectivity index (χ0) is 13.4. The third kappa shape index (κ3) is 2.15. The molecule has 0 bridgehead atoms. The van der Waals surface area contributed by atoms with E-state index >= 15 is 0 Å². The van der Waals surface area contributed by atoms with Gasteiger partial charge in [-0.25, -0.2) is 4.52 Å². The van der Waals surface area contributed by atoms with E-state index in [2.05, 4.69) is 21.0 Å². The molecule has 0 atom stereocenters. The smallest absolute Gasteiger partial charge is 0.276 e. The maximum Gasteiger partial charge on any atom is 0.276 e. The Balaban J connectivity index is 2.03. The molecule has 0 saturated carbocycles. The maximum absolute atomic E-state index is 12.2. The first-order valence-electron chi connectivity index (χ1n) is 5.72. The summed E-state index contributed by atoms with van der Waals surface area (Å²) in [5, 5.41) is 4.03. The Hall–Kier alpha value is -2.08. The minimum absolute atomic E-state index is 0.0681. The fourth-order valence-corrected chi connectivity index (χ4v) is 2.22. The normalized spacial score (nSPS) is 11.0. The van der Waals surface area contributed by atoms with Gasteiger partial charge in [0.2, 0.25) is 0 Å². The average molecular weight is 319 g/mol. The van der Waals surface area contributed by atoms with Gasteiger partial charge in [-0.05, 0) is 39.7 Å². The number of nitrogen functional groups attached to an aromatic ring is 1. The van der Waals surface area contributed by atoms with E-state index in [1.165, 1.54) is 0 Å². The van der Waals surface area contributed by atoms with Crippen molar-refractivity contribution in [3.63, 3.8) is 0 Å². The molecule has 0 aliphatic rings. The van der Waals surface area contributed by atoms with E-state index in [9.17, 15) is 4.79 Å². The molecule has 0 aliphatic carbocycles. The fraction of sp³-hybridized carbons (Fsp3) is 0.0769. The summed E-state index contributed by atoms with van der Waals surface area (Å²) in [4.78, 5) is 12.2. The number of anilines is 1. The molecule has 0 radical (unpaired) electrons. The van der Waals surface area contributed by atoms with Gasteiger partial charge < -0.3 is 10.3 Å². The van der Waals surface area contributed by atoms with Crippen LogP contribution in [-0.4, -0.2) is 14.2 Å². The number of benzene rings is 1. The van der Waals surface area contributed by atoms with Crippen LogP contribution < -0.4 is 11.3 Å². The average Bonchev–Trinajstić information content (AvgIpc) is 2.86. The Morgan fingerprint density at radius 1 is 1.26 bits per heavy atom. The van der Waals surface area contributed by atoms with Crippen LogP contribution in [0.4, 0.5) is 5.69 Å². The summed E-state index contributed by atoms with van der Waals surface area (Å²) in [6, 6.07) is 7.38. The second kappa shape index (κ2) is 4.55. The number of aromatic nitrogens is 3. The molecule has 3 rings (SSSR count). The molecule has 3 aromatic rings. The van der Waals surface area contributed by atoms with Crippen molar-refractivity contribution in [2.75, 3.05) is 5.73 Å². The third-order valence-corrected chi connectivity index (χ3v) is 3.67. The Kier molecular flexibility index (Phi) is 2.87. The van der Waals surface area contributed by atoms with Gasteiger partial charge in [0.15, 0.2) is 0 Å². The van der Waals surface area contributed by atoms with E-state index in [1.54, 1.807) is 33.7 Å². The minimum Gasteiger partial charge on any atom is -0.398 e. The lowest BCUT2D eigenvalue weighted by Crippen LogP contribution is -2.21. The Bertz CT molecular complexity index is 806. The molecule has 2 heterocycles. The van der Waals surface area contributed by atoms with Crippen LogP contribution in [0.1, 0.15) is 5.56 Å². The Labute approximate surface area is 117 Å². The molecule has 6 heteroatoms. The van der Waals surface area contributed by atoms with Crippen LogP contribution >= 0.6 is 15.9 Å². The quantitative estimate of drug-likeness (QED) is 0.734. The number of hydrogen-bond acceptors (Lipinski definition) is 3. The summed E-state index contributed by atoms with van der Waals surface area (Å²) >= 11 is 3.35. The van der Waals surface area contributed by atoms with Crippen LogP contribution in [0, 0.1) is 0 Å². The van der Waals surface area contributed by atoms with Crippen molar-refractivity contribution in [2.24, 2.45) is 0 Å². The second-order valence-electron chi connectivity index (χ2n) is 4.25. The number of hydrogen-bond donors (Lipinski definition) is 1. The first-order chi connectivity index (χ1) is 9.15. The Morgan fingerprint density at radius 3 is 2.89 bits per heavy atom. The van der Waals surface area contributed by atoms with E-state index in [1.807, 2.05) is 18.2 Å². The van der Waals surface area contributed by atoms with Crippen LogP contribution in [0.25, 0.3) is 5.52 Å². The van der Waals surface area contributed by atoms with Crippen molar-refractivity contribution >= 4 is 27.1 Å². The van der Waals surface area contributed by atoms with Gasteiger partial charge in [0.05, 0.1) is 12.7 Å². The van der Waals surface area contributed by atoms with E-state index < -0.39 is 0 Å². The van der Waals surface area contributed by atoms with Gasteiger partial charge in [0.25, 0.3) is 5.56 Å². The van der Waals surface area contributed by atoms with Crippen molar-refractivity contribution < 1.29 is 0 Å². The molecular weight excluding hydrogens is 308 g/mol. The van der Waals surface area contributed by atoms with E-state index in [4.69, 9.17) is 5.73 Å². The van der Waals surface area contributed by atoms with Crippen LogP contribution in [0.15, 0.2) is 52.1 Å². The van der Waals surface area contributed by atoms with Crippen molar-refractivity contribution in [1.82, 2.24) is 14.2 Å². The fourth-order valence-electron chi connectivity index (χ4n) is 1.97. The van der Waals surface area contributed by atoms with Crippen LogP contribution in [0.2, 0.25) is 0 Å². The minimum atomic E-state index is -0.0681. The highest BCUT2D eigenvalue weighted by Gasteiger charge is 2.05. The lowest BCUT2D eigenvalue weighted by atomic mass is 10.2. The number of nitrogens with zero attached hydrogens (tertiary/aromatic N) is 3. The molecule has 2 N–H and O–H groups in total. The first-order valence-corrected chi connectivity index (χ1v) is 6.51. The van der Waals surface area contributed by atoms with E-state index in [0.29, 0.717) is 17.7 Å². The summed E-state index contributed by atoms with van der Waals surface area (Å²) in [5.74, 6) is 0. The lowest BCUT2D eigenvalue weighted by Gasteiger charge is -2.07. The highest BCUT2D eigenvalue weighted by molar-refractivity contribution is 9.10. The maximum atomic E-state index is 12.2. The van der Waals surface area contributed by atoms with Gasteiger partial charge in [0, 0.05) is 22.6 Å². The SMILES string of the molecule is Nc1cc(Cn2ccn3nccc3c2=O)ccc1Br. The van der Waals surface area contributed by atoms with Gasteiger partial charge in [-0.1, -0.05) is 6.07 Å². The molecule has 0 fully saturated rings. The monoisotopic (exact) mass is 318 g/mol. The van der Waals surface area contributed by atoms with Gasteiger partial charge in [0.1, 0.15) is 5.52 Å². The van der Waals surface area contributed by atoms with Crippen LogP contribution in [0.3, 0.4) is 0 Å². The van der Waals surface area contributed by atoms with E-state index in [-0.39, 0.29) is 5.56 Å². The van der Waals surface area contributed by atoms with Crippen LogP contribution in [-0.2, 0) is 6.54 Å². The van der Waals surface area contributed by atoms with Gasteiger partial charge in [-0.3, -0.25) is 4.79 Å². The summed E-state index contributed by atoms with van der Waals surface area (Å²) in [6.45, 7) is 0.484. The summed E-state index contributed by atoms with van der Waals surface area (Å²) in [7, 11) is 0. The zero-order valence-corrected chi connectivity index (χ0v) is 11.5. The van der Waals surface area contributed by atoms with Gasteiger partial charge >= 0.3 is 0 Å². The van der Waals surface area contributed by atoms with E-state index in [0.717, 1.165) is 10.0 Å². The van der Waals surface area contributed by atoms with Crippen molar-refractivity contribution in [1.29, 1.82) is 0 Å². The second-order valence-corrected chi connectivity index (χ2v) is 5.10. The molecule has 5 nitrogen and oxygen atoms in total. The lowest BCUT2D eigenvalue weighted by molar-refractivity contribution is 0.743. The predicted molar refractivity (Wildman–Crippen MR) is 77.1 cm³/mol. The van der Waals surface area contributed by atoms with Crippen molar-refractivity contribution in [3.05, 3.63) is 63.2 Å². The molecule has 2 aromatic heterocycles. The van der Waals surface area contributed by atoms with Crippen molar-refractivity contribution in [3.8, 4) is 0 Å². The highest BCUT2D eigenvalue weighted by atomic mass is 79.9. The summed E-state index contributed by atoms with van der Waals surface area (Å²) in [6.07, 6.45) is 5.10. The number of nitrogens with two attached hydrogens (primary N) is 1. The number of halogens is 1. The van der Waals surface area contributed by atoms with Crippen molar-refractivity contribution in [2.45, 2.75) is 6.54 Å². The number of rotatable bonds is 2. The molecular formula is C13H11BrN4O. The van der Waals surface area contributed by atoms with Gasteiger partial charge in [-0.2, -0.15) is 5.10 Å². The zero-order valence-electron chi connectivity index (χ0n) is 9.95. The predicted octanol–water partition coefficient (Wildman–Crippen LogP) is 1.89. The molecule has 19 heavy (non-hydrogen) atoms. The summed E-state index contributed by atoms with van der Waals surface area (Å²) < 4.78 is 4.06. The molecule has 0 spiro atoms. The molecule has 96 valence electrons. The third-order valence-electron chi connectivity index (χ3n) is 2.95. The summed E-state index contributed by atoms with van der Waals surface area (Å²) in [5.41, 5.74) is 7.97.